The molecule has 2 aromatic rings. The highest BCUT2D eigenvalue weighted by molar-refractivity contribution is 5.92. The Hall–Kier alpha value is -2.74. The zero-order chi connectivity index (χ0) is 21.7. The molecular weight excluding hydrogens is 397 g/mol. The third-order valence-corrected chi connectivity index (χ3v) is 4.97. The van der Waals surface area contributed by atoms with Crippen molar-refractivity contribution in [2.45, 2.75) is 33.0 Å². The topological polar surface area (TPSA) is 52.0 Å². The number of halogens is 3. The molecule has 1 unspecified atom stereocenters. The minimum atomic E-state index is -4.52. The predicted octanol–water partition coefficient (Wildman–Crippen LogP) is 3.08. The molecule has 1 heterocycles. The molecule has 30 heavy (non-hydrogen) atoms. The fourth-order valence-electron chi connectivity index (χ4n) is 3.66. The Balaban J connectivity index is 1.69. The number of rotatable bonds is 7. The molecule has 1 atom stereocenters. The predicted molar refractivity (Wildman–Crippen MR) is 107 cm³/mol. The summed E-state index contributed by atoms with van der Waals surface area (Å²) in [7, 11) is 0. The van der Waals surface area contributed by atoms with Gasteiger partial charge < -0.3 is 19.7 Å². The van der Waals surface area contributed by atoms with E-state index in [-0.39, 0.29) is 12.2 Å². The van der Waals surface area contributed by atoms with Gasteiger partial charge in [0.2, 0.25) is 0 Å². The van der Waals surface area contributed by atoms with Crippen LogP contribution in [0.1, 0.15) is 30.5 Å². The fraction of sp³-hybridized carbons (Fsp3) is 0.409. The first-order valence-electron chi connectivity index (χ1n) is 10.0. The van der Waals surface area contributed by atoms with E-state index >= 15 is 0 Å². The standard InChI is InChI=1S/C22H25F3N2O3/c1-3-29-19-11-15-9-10-27(13-16(15)12-20(19)30-4-2)14-21(28)26-18-8-6-5-7-17(18)22(23,24)25/h5-8,11-12H,3-4,9-10,13-14H2,1-2H3,(H,26,28)/p+1. The molecule has 0 aliphatic carbocycles. The number of anilines is 1. The molecule has 1 aliphatic rings. The van der Waals surface area contributed by atoms with Gasteiger partial charge in [0.15, 0.2) is 18.0 Å². The number of alkyl halides is 3. The van der Waals surface area contributed by atoms with Crippen LogP contribution < -0.4 is 19.7 Å². The molecule has 0 fully saturated rings. The summed E-state index contributed by atoms with van der Waals surface area (Å²) >= 11 is 0. The van der Waals surface area contributed by atoms with E-state index in [0.29, 0.717) is 37.8 Å². The van der Waals surface area contributed by atoms with E-state index < -0.39 is 17.6 Å². The molecule has 2 N–H and O–H groups in total. The second-order valence-corrected chi connectivity index (χ2v) is 7.13. The van der Waals surface area contributed by atoms with Gasteiger partial charge in [0, 0.05) is 12.0 Å². The van der Waals surface area contributed by atoms with Gasteiger partial charge in [0.1, 0.15) is 6.54 Å². The summed E-state index contributed by atoms with van der Waals surface area (Å²) in [6, 6.07) is 8.94. The Kier molecular flexibility index (Phi) is 6.87. The Labute approximate surface area is 173 Å². The number of carbonyl (C=O) groups excluding carboxylic acids is 1. The van der Waals surface area contributed by atoms with Gasteiger partial charge in [-0.2, -0.15) is 13.2 Å². The summed E-state index contributed by atoms with van der Waals surface area (Å²) in [6.45, 7) is 6.25. The summed E-state index contributed by atoms with van der Waals surface area (Å²) in [6.07, 6.45) is -3.77. The monoisotopic (exact) mass is 423 g/mol. The van der Waals surface area contributed by atoms with Crippen LogP contribution in [0.15, 0.2) is 36.4 Å². The Morgan fingerprint density at radius 2 is 1.70 bits per heavy atom. The molecule has 0 bridgehead atoms. The highest BCUT2D eigenvalue weighted by Gasteiger charge is 2.34. The van der Waals surface area contributed by atoms with Crippen molar-refractivity contribution in [2.75, 3.05) is 31.6 Å². The third-order valence-electron chi connectivity index (χ3n) is 4.97. The van der Waals surface area contributed by atoms with Crippen LogP contribution in [0.25, 0.3) is 0 Å². The highest BCUT2D eigenvalue weighted by atomic mass is 19.4. The molecule has 0 radical (unpaired) electrons. The maximum absolute atomic E-state index is 13.1. The van der Waals surface area contributed by atoms with Crippen molar-refractivity contribution in [3.8, 4) is 11.5 Å². The smallest absolute Gasteiger partial charge is 0.418 e. The molecule has 0 spiro atoms. The number of para-hydroxylation sites is 1. The zero-order valence-electron chi connectivity index (χ0n) is 17.1. The first kappa shape index (κ1) is 22.0. The van der Waals surface area contributed by atoms with Crippen molar-refractivity contribution in [1.29, 1.82) is 0 Å². The van der Waals surface area contributed by atoms with E-state index in [1.165, 1.54) is 18.2 Å². The van der Waals surface area contributed by atoms with Gasteiger partial charge in [-0.05, 0) is 43.7 Å². The Morgan fingerprint density at radius 1 is 1.07 bits per heavy atom. The molecule has 8 heteroatoms. The average Bonchev–Trinajstić information content (AvgIpc) is 2.68. The van der Waals surface area contributed by atoms with Crippen LogP contribution in [0.5, 0.6) is 11.5 Å². The van der Waals surface area contributed by atoms with E-state index in [4.69, 9.17) is 9.47 Å². The maximum Gasteiger partial charge on any atom is 0.418 e. The number of benzene rings is 2. The van der Waals surface area contributed by atoms with Gasteiger partial charge >= 0.3 is 6.18 Å². The van der Waals surface area contributed by atoms with Gasteiger partial charge in [-0.1, -0.05) is 12.1 Å². The number of quaternary nitrogens is 1. The van der Waals surface area contributed by atoms with Crippen LogP contribution in [0, 0.1) is 0 Å². The van der Waals surface area contributed by atoms with Crippen molar-refractivity contribution < 1.29 is 32.3 Å². The van der Waals surface area contributed by atoms with E-state index in [2.05, 4.69) is 5.32 Å². The van der Waals surface area contributed by atoms with Crippen LogP contribution in [-0.2, 0) is 23.9 Å². The molecule has 1 amide bonds. The average molecular weight is 423 g/mol. The van der Waals surface area contributed by atoms with E-state index in [0.717, 1.165) is 28.5 Å². The minimum absolute atomic E-state index is 0.0861. The SMILES string of the molecule is CCOc1cc2c(cc1OCC)C[NH+](CC(=O)Nc1ccccc1C(F)(F)F)CC2. The Morgan fingerprint density at radius 3 is 2.33 bits per heavy atom. The number of hydrogen-bond acceptors (Lipinski definition) is 3. The minimum Gasteiger partial charge on any atom is -0.490 e. The van der Waals surface area contributed by atoms with Crippen LogP contribution in [0.4, 0.5) is 18.9 Å². The summed E-state index contributed by atoms with van der Waals surface area (Å²) in [4.78, 5) is 13.4. The Bertz CT molecular complexity index is 900. The summed E-state index contributed by atoms with van der Waals surface area (Å²) in [5, 5.41) is 2.42. The lowest BCUT2D eigenvalue weighted by Crippen LogP contribution is -3.12. The molecule has 0 aromatic heterocycles. The van der Waals surface area contributed by atoms with Gasteiger partial charge in [0.05, 0.1) is 31.0 Å². The number of amides is 1. The molecule has 162 valence electrons. The summed E-state index contributed by atoms with van der Waals surface area (Å²) in [5.74, 6) is 0.937. The largest absolute Gasteiger partial charge is 0.490 e. The van der Waals surface area contributed by atoms with Gasteiger partial charge in [-0.15, -0.1) is 0 Å². The number of ether oxygens (including phenoxy) is 2. The lowest BCUT2D eigenvalue weighted by molar-refractivity contribution is -0.907. The van der Waals surface area contributed by atoms with Crippen molar-refractivity contribution in [1.82, 2.24) is 0 Å². The molecule has 0 saturated heterocycles. The normalized spacial score (nSPS) is 16.0. The highest BCUT2D eigenvalue weighted by Crippen LogP contribution is 2.34. The lowest BCUT2D eigenvalue weighted by Gasteiger charge is -2.27. The molecule has 2 aromatic carbocycles. The molecule has 3 rings (SSSR count). The van der Waals surface area contributed by atoms with E-state index in [1.807, 2.05) is 26.0 Å². The molecule has 5 nitrogen and oxygen atoms in total. The maximum atomic E-state index is 13.1. The number of hydrogen-bond donors (Lipinski definition) is 2. The number of fused-ring (bicyclic) bond motifs is 1. The molecular formula is C22H26F3N2O3+. The van der Waals surface area contributed by atoms with Crippen molar-refractivity contribution in [3.05, 3.63) is 53.1 Å². The fourth-order valence-corrected chi connectivity index (χ4v) is 3.66. The van der Waals surface area contributed by atoms with Crippen LogP contribution in [0.3, 0.4) is 0 Å². The second-order valence-electron chi connectivity index (χ2n) is 7.13. The quantitative estimate of drug-likeness (QED) is 0.720. The second kappa shape index (κ2) is 9.38. The van der Waals surface area contributed by atoms with Crippen LogP contribution in [0.2, 0.25) is 0 Å². The first-order chi connectivity index (χ1) is 14.3. The van der Waals surface area contributed by atoms with Gasteiger partial charge in [0.25, 0.3) is 5.91 Å². The van der Waals surface area contributed by atoms with Crippen molar-refractivity contribution in [2.24, 2.45) is 0 Å². The number of carbonyl (C=O) groups is 1. The van der Waals surface area contributed by atoms with E-state index in [9.17, 15) is 18.0 Å². The van der Waals surface area contributed by atoms with Crippen LogP contribution >= 0.6 is 0 Å². The molecule has 0 saturated carbocycles. The van der Waals surface area contributed by atoms with Crippen molar-refractivity contribution in [3.63, 3.8) is 0 Å². The van der Waals surface area contributed by atoms with Crippen molar-refractivity contribution >= 4 is 11.6 Å². The zero-order valence-corrected chi connectivity index (χ0v) is 17.1. The molecule has 1 aliphatic heterocycles. The van der Waals surface area contributed by atoms with Crippen LogP contribution in [-0.4, -0.2) is 32.2 Å². The van der Waals surface area contributed by atoms with Gasteiger partial charge in [-0.25, -0.2) is 0 Å². The third kappa shape index (κ3) is 5.24. The lowest BCUT2D eigenvalue weighted by atomic mass is 9.98. The summed E-state index contributed by atoms with van der Waals surface area (Å²) in [5.41, 5.74) is 1.15. The summed E-state index contributed by atoms with van der Waals surface area (Å²) < 4.78 is 50.7. The van der Waals surface area contributed by atoms with E-state index in [1.54, 1.807) is 0 Å². The van der Waals surface area contributed by atoms with Gasteiger partial charge in [-0.3, -0.25) is 4.79 Å². The number of nitrogens with one attached hydrogen (secondary N) is 2. The first-order valence-corrected chi connectivity index (χ1v) is 10.0.